The fourth-order valence-corrected chi connectivity index (χ4v) is 3.71. The van der Waals surface area contributed by atoms with Gasteiger partial charge in [-0.3, -0.25) is 9.59 Å². The fourth-order valence-electron chi connectivity index (χ4n) is 3.71. The highest BCUT2D eigenvalue weighted by molar-refractivity contribution is 6.01. The molecule has 1 aromatic carbocycles. The standard InChI is InChI=1S/C18H20F3N3O2/c1-2-16(25)23-14-9-11-10-22-8-7-15(11)24(17(14)26)13-5-3-12(4-6-13)18(19,20)21/h2-6,11,14-15,22H,1,7-10H2,(H,23,25). The maximum absolute atomic E-state index is 12.9. The first-order chi connectivity index (χ1) is 12.3. The lowest BCUT2D eigenvalue weighted by Gasteiger charge is -2.46. The van der Waals surface area contributed by atoms with Crippen molar-refractivity contribution in [2.75, 3.05) is 18.0 Å². The molecular weight excluding hydrogens is 347 g/mol. The summed E-state index contributed by atoms with van der Waals surface area (Å²) in [6, 6.07) is 3.77. The van der Waals surface area contributed by atoms with Gasteiger partial charge >= 0.3 is 6.18 Å². The summed E-state index contributed by atoms with van der Waals surface area (Å²) in [6.45, 7) is 4.81. The Kier molecular flexibility index (Phi) is 5.04. The lowest BCUT2D eigenvalue weighted by molar-refractivity contribution is -0.137. The maximum atomic E-state index is 12.9. The van der Waals surface area contributed by atoms with Crippen molar-refractivity contribution in [3.63, 3.8) is 0 Å². The first kappa shape index (κ1) is 18.4. The van der Waals surface area contributed by atoms with E-state index in [1.54, 1.807) is 4.90 Å². The summed E-state index contributed by atoms with van der Waals surface area (Å²) in [4.78, 5) is 26.1. The molecule has 140 valence electrons. The molecule has 26 heavy (non-hydrogen) atoms. The minimum atomic E-state index is -4.43. The topological polar surface area (TPSA) is 61.4 Å². The molecule has 5 nitrogen and oxygen atoms in total. The van der Waals surface area contributed by atoms with Crippen molar-refractivity contribution in [2.45, 2.75) is 31.1 Å². The van der Waals surface area contributed by atoms with Crippen molar-refractivity contribution in [1.29, 1.82) is 0 Å². The van der Waals surface area contributed by atoms with Crippen LogP contribution in [0.15, 0.2) is 36.9 Å². The highest BCUT2D eigenvalue weighted by Crippen LogP contribution is 2.35. The monoisotopic (exact) mass is 367 g/mol. The van der Waals surface area contributed by atoms with Gasteiger partial charge in [0.2, 0.25) is 11.8 Å². The molecule has 8 heteroatoms. The van der Waals surface area contributed by atoms with Crippen LogP contribution in [0.2, 0.25) is 0 Å². The van der Waals surface area contributed by atoms with Gasteiger partial charge in [-0.05, 0) is 55.6 Å². The first-order valence-corrected chi connectivity index (χ1v) is 8.45. The number of nitrogens with zero attached hydrogens (tertiary/aromatic N) is 1. The largest absolute Gasteiger partial charge is 0.416 e. The number of hydrogen-bond acceptors (Lipinski definition) is 3. The van der Waals surface area contributed by atoms with E-state index < -0.39 is 23.7 Å². The Morgan fingerprint density at radius 3 is 2.62 bits per heavy atom. The SMILES string of the molecule is C=CC(=O)NC1CC2CNCCC2N(c2ccc(C(F)(F)F)cc2)C1=O. The van der Waals surface area contributed by atoms with E-state index in [1.165, 1.54) is 12.1 Å². The minimum Gasteiger partial charge on any atom is -0.341 e. The Labute approximate surface area is 149 Å². The molecule has 2 heterocycles. The van der Waals surface area contributed by atoms with Crippen molar-refractivity contribution in [3.8, 4) is 0 Å². The number of rotatable bonds is 3. The predicted octanol–water partition coefficient (Wildman–Crippen LogP) is 2.09. The van der Waals surface area contributed by atoms with Crippen molar-refractivity contribution in [1.82, 2.24) is 10.6 Å². The summed E-state index contributed by atoms with van der Waals surface area (Å²) >= 11 is 0. The van der Waals surface area contributed by atoms with Gasteiger partial charge in [0, 0.05) is 18.3 Å². The lowest BCUT2D eigenvalue weighted by atomic mass is 9.81. The van der Waals surface area contributed by atoms with Gasteiger partial charge in [-0.2, -0.15) is 13.2 Å². The number of hydrogen-bond donors (Lipinski definition) is 2. The lowest BCUT2D eigenvalue weighted by Crippen LogP contribution is -2.63. The Morgan fingerprint density at radius 2 is 2.00 bits per heavy atom. The summed E-state index contributed by atoms with van der Waals surface area (Å²) < 4.78 is 38.4. The number of benzene rings is 1. The van der Waals surface area contributed by atoms with Crippen LogP contribution in [0.1, 0.15) is 18.4 Å². The third-order valence-electron chi connectivity index (χ3n) is 4.95. The van der Waals surface area contributed by atoms with Crippen molar-refractivity contribution >= 4 is 17.5 Å². The third kappa shape index (κ3) is 3.60. The number of alkyl halides is 3. The van der Waals surface area contributed by atoms with Crippen LogP contribution >= 0.6 is 0 Å². The molecule has 0 saturated carbocycles. The highest BCUT2D eigenvalue weighted by Gasteiger charge is 2.43. The van der Waals surface area contributed by atoms with Gasteiger partial charge in [0.05, 0.1) is 5.56 Å². The van der Waals surface area contributed by atoms with Crippen molar-refractivity contribution < 1.29 is 22.8 Å². The number of nitrogens with one attached hydrogen (secondary N) is 2. The second-order valence-electron chi connectivity index (χ2n) is 6.57. The number of fused-ring (bicyclic) bond motifs is 1. The van der Waals surface area contributed by atoms with E-state index in [9.17, 15) is 22.8 Å². The van der Waals surface area contributed by atoms with Crippen LogP contribution in [-0.2, 0) is 15.8 Å². The Bertz CT molecular complexity index is 703. The van der Waals surface area contributed by atoms with Crippen LogP contribution in [0.3, 0.4) is 0 Å². The normalized spacial score (nSPS) is 26.2. The number of piperidine rings is 2. The molecule has 3 unspecified atom stereocenters. The third-order valence-corrected chi connectivity index (χ3v) is 4.95. The molecule has 3 atom stereocenters. The summed E-state index contributed by atoms with van der Waals surface area (Å²) in [7, 11) is 0. The molecule has 2 amide bonds. The van der Waals surface area contributed by atoms with Gasteiger partial charge in [-0.15, -0.1) is 0 Å². The van der Waals surface area contributed by atoms with E-state index in [-0.39, 0.29) is 17.9 Å². The van der Waals surface area contributed by atoms with Crippen LogP contribution in [0.4, 0.5) is 18.9 Å². The number of carbonyl (C=O) groups excluding carboxylic acids is 2. The van der Waals surface area contributed by atoms with Gasteiger partial charge in [-0.1, -0.05) is 6.58 Å². The van der Waals surface area contributed by atoms with E-state index in [2.05, 4.69) is 17.2 Å². The second-order valence-corrected chi connectivity index (χ2v) is 6.57. The van der Waals surface area contributed by atoms with Gasteiger partial charge < -0.3 is 15.5 Å². The molecule has 3 rings (SSSR count). The predicted molar refractivity (Wildman–Crippen MR) is 90.4 cm³/mol. The quantitative estimate of drug-likeness (QED) is 0.805. The average Bonchev–Trinajstić information content (AvgIpc) is 2.61. The smallest absolute Gasteiger partial charge is 0.341 e. The fraction of sp³-hybridized carbons (Fsp3) is 0.444. The number of anilines is 1. The molecule has 0 radical (unpaired) electrons. The van der Waals surface area contributed by atoms with Crippen LogP contribution in [0.25, 0.3) is 0 Å². The van der Waals surface area contributed by atoms with Gasteiger partial charge in [0.15, 0.2) is 0 Å². The molecule has 2 fully saturated rings. The molecule has 2 N–H and O–H groups in total. The number of carbonyl (C=O) groups is 2. The second kappa shape index (κ2) is 7.11. The zero-order chi connectivity index (χ0) is 18.9. The summed E-state index contributed by atoms with van der Waals surface area (Å²) in [5.74, 6) is -0.639. The number of halogens is 3. The van der Waals surface area contributed by atoms with E-state index >= 15 is 0 Å². The Morgan fingerprint density at radius 1 is 1.31 bits per heavy atom. The Hall–Kier alpha value is -2.35. The molecule has 0 aliphatic carbocycles. The molecular formula is C18H20F3N3O2. The van der Waals surface area contributed by atoms with Crippen LogP contribution in [-0.4, -0.2) is 37.0 Å². The van der Waals surface area contributed by atoms with E-state index in [4.69, 9.17) is 0 Å². The molecule has 0 spiro atoms. The molecule has 2 aliphatic rings. The summed E-state index contributed by atoms with van der Waals surface area (Å²) in [5, 5.41) is 5.90. The molecule has 1 aromatic rings. The molecule has 0 aromatic heterocycles. The Balaban J connectivity index is 1.91. The van der Waals surface area contributed by atoms with Crippen LogP contribution in [0, 0.1) is 5.92 Å². The summed E-state index contributed by atoms with van der Waals surface area (Å²) in [6.07, 6.45) is -2.13. The van der Waals surface area contributed by atoms with E-state index in [0.717, 1.165) is 24.8 Å². The van der Waals surface area contributed by atoms with Gasteiger partial charge in [0.25, 0.3) is 0 Å². The molecule has 2 saturated heterocycles. The molecule has 0 bridgehead atoms. The van der Waals surface area contributed by atoms with E-state index in [1.807, 2.05) is 0 Å². The van der Waals surface area contributed by atoms with Crippen molar-refractivity contribution in [3.05, 3.63) is 42.5 Å². The van der Waals surface area contributed by atoms with Crippen LogP contribution < -0.4 is 15.5 Å². The average molecular weight is 367 g/mol. The van der Waals surface area contributed by atoms with Crippen molar-refractivity contribution in [2.24, 2.45) is 5.92 Å². The van der Waals surface area contributed by atoms with E-state index in [0.29, 0.717) is 25.1 Å². The van der Waals surface area contributed by atoms with Gasteiger partial charge in [0.1, 0.15) is 6.04 Å². The highest BCUT2D eigenvalue weighted by atomic mass is 19.4. The number of amides is 2. The zero-order valence-corrected chi connectivity index (χ0v) is 14.1. The molecule has 2 aliphatic heterocycles. The zero-order valence-electron chi connectivity index (χ0n) is 14.1. The van der Waals surface area contributed by atoms with Gasteiger partial charge in [-0.25, -0.2) is 0 Å². The first-order valence-electron chi connectivity index (χ1n) is 8.45. The minimum absolute atomic E-state index is 0.0997. The summed E-state index contributed by atoms with van der Waals surface area (Å²) in [5.41, 5.74) is -0.346. The maximum Gasteiger partial charge on any atom is 0.416 e. The van der Waals surface area contributed by atoms with Crippen LogP contribution in [0.5, 0.6) is 0 Å².